The van der Waals surface area contributed by atoms with Crippen molar-refractivity contribution in [2.75, 3.05) is 7.11 Å². The molecule has 6 heteroatoms. The third kappa shape index (κ3) is 6.09. The number of carbonyl (C=O) groups is 2. The van der Waals surface area contributed by atoms with Crippen molar-refractivity contribution in [3.8, 4) is 0 Å². The number of alkyl halides is 1. The molecule has 0 aliphatic heterocycles. The molecule has 0 aliphatic carbocycles. The summed E-state index contributed by atoms with van der Waals surface area (Å²) in [5, 5.41) is 2.16. The SMILES string of the molecule is CCC(F)C(NC(=O)OC(C)(C)C)C(=O)OC. The van der Waals surface area contributed by atoms with Crippen molar-refractivity contribution in [2.45, 2.75) is 51.9 Å². The number of esters is 1. The van der Waals surface area contributed by atoms with Crippen molar-refractivity contribution in [2.24, 2.45) is 0 Å². The van der Waals surface area contributed by atoms with Crippen LogP contribution in [0.1, 0.15) is 34.1 Å². The lowest BCUT2D eigenvalue weighted by Crippen LogP contribution is -2.49. The first kappa shape index (κ1) is 15.7. The standard InChI is InChI=1S/C11H20FNO4/c1-6-7(12)8(9(14)16-5)13-10(15)17-11(2,3)4/h7-8H,6H2,1-5H3,(H,13,15). The van der Waals surface area contributed by atoms with E-state index in [9.17, 15) is 14.0 Å². The zero-order valence-corrected chi connectivity index (χ0v) is 10.9. The van der Waals surface area contributed by atoms with Crippen LogP contribution in [0, 0.1) is 0 Å². The Kier molecular flexibility index (Phi) is 5.91. The summed E-state index contributed by atoms with van der Waals surface area (Å²) in [6.07, 6.45) is -2.26. The van der Waals surface area contributed by atoms with E-state index < -0.39 is 29.9 Å². The van der Waals surface area contributed by atoms with Crippen LogP contribution >= 0.6 is 0 Å². The molecule has 0 aromatic carbocycles. The lowest BCUT2D eigenvalue weighted by molar-refractivity contribution is -0.145. The van der Waals surface area contributed by atoms with E-state index in [1.165, 1.54) is 0 Å². The zero-order chi connectivity index (χ0) is 13.6. The quantitative estimate of drug-likeness (QED) is 0.772. The maximum Gasteiger partial charge on any atom is 0.408 e. The van der Waals surface area contributed by atoms with Gasteiger partial charge in [-0.3, -0.25) is 0 Å². The van der Waals surface area contributed by atoms with E-state index in [1.54, 1.807) is 27.7 Å². The largest absolute Gasteiger partial charge is 0.467 e. The van der Waals surface area contributed by atoms with Gasteiger partial charge in [0, 0.05) is 0 Å². The summed E-state index contributed by atoms with van der Waals surface area (Å²) < 4.78 is 22.8. The Balaban J connectivity index is 4.54. The maximum absolute atomic E-state index is 13.5. The molecule has 0 aromatic heterocycles. The van der Waals surface area contributed by atoms with Gasteiger partial charge in [0.2, 0.25) is 0 Å². The van der Waals surface area contributed by atoms with Crippen molar-refractivity contribution >= 4 is 12.1 Å². The fraction of sp³-hybridized carbons (Fsp3) is 0.818. The lowest BCUT2D eigenvalue weighted by Gasteiger charge is -2.23. The van der Waals surface area contributed by atoms with E-state index in [-0.39, 0.29) is 6.42 Å². The smallest absolute Gasteiger partial charge is 0.408 e. The van der Waals surface area contributed by atoms with Crippen LogP contribution in [0.2, 0.25) is 0 Å². The van der Waals surface area contributed by atoms with Crippen molar-refractivity contribution in [1.82, 2.24) is 5.32 Å². The number of alkyl carbamates (subject to hydrolysis) is 1. The minimum Gasteiger partial charge on any atom is -0.467 e. The number of methoxy groups -OCH3 is 1. The summed E-state index contributed by atoms with van der Waals surface area (Å²) in [5.74, 6) is -0.829. The van der Waals surface area contributed by atoms with E-state index in [0.29, 0.717) is 0 Å². The van der Waals surface area contributed by atoms with Gasteiger partial charge in [-0.2, -0.15) is 0 Å². The third-order valence-corrected chi connectivity index (χ3v) is 1.88. The molecule has 17 heavy (non-hydrogen) atoms. The van der Waals surface area contributed by atoms with Crippen LogP contribution in [-0.4, -0.2) is 37.0 Å². The number of rotatable bonds is 4. The molecule has 0 rings (SSSR count). The second-order valence-electron chi connectivity index (χ2n) is 4.57. The minimum absolute atomic E-state index is 0.0928. The Morgan fingerprint density at radius 1 is 1.35 bits per heavy atom. The first-order chi connectivity index (χ1) is 7.71. The predicted octanol–water partition coefficient (Wildman–Crippen LogP) is 1.80. The molecule has 0 spiro atoms. The summed E-state index contributed by atoms with van der Waals surface area (Å²) in [4.78, 5) is 22.7. The number of carbonyl (C=O) groups excluding carboxylic acids is 2. The molecule has 0 saturated carbocycles. The summed E-state index contributed by atoms with van der Waals surface area (Å²) in [6.45, 7) is 6.59. The molecule has 2 unspecified atom stereocenters. The van der Waals surface area contributed by atoms with E-state index >= 15 is 0 Å². The Morgan fingerprint density at radius 3 is 2.24 bits per heavy atom. The molecule has 5 nitrogen and oxygen atoms in total. The highest BCUT2D eigenvalue weighted by Crippen LogP contribution is 2.10. The van der Waals surface area contributed by atoms with Gasteiger partial charge < -0.3 is 14.8 Å². The van der Waals surface area contributed by atoms with Crippen LogP contribution in [0.3, 0.4) is 0 Å². The van der Waals surface area contributed by atoms with E-state index in [0.717, 1.165) is 7.11 Å². The Morgan fingerprint density at radius 2 is 1.88 bits per heavy atom. The van der Waals surface area contributed by atoms with Crippen LogP contribution in [-0.2, 0) is 14.3 Å². The second kappa shape index (κ2) is 6.42. The van der Waals surface area contributed by atoms with Gasteiger partial charge in [-0.15, -0.1) is 0 Å². The van der Waals surface area contributed by atoms with Crippen LogP contribution in [0.25, 0.3) is 0 Å². The predicted molar refractivity (Wildman–Crippen MR) is 60.4 cm³/mol. The fourth-order valence-corrected chi connectivity index (χ4v) is 1.09. The summed E-state index contributed by atoms with van der Waals surface area (Å²) in [7, 11) is 1.13. The highest BCUT2D eigenvalue weighted by Gasteiger charge is 2.31. The van der Waals surface area contributed by atoms with Gasteiger partial charge in [0.05, 0.1) is 7.11 Å². The first-order valence-corrected chi connectivity index (χ1v) is 5.42. The molecular weight excluding hydrogens is 229 g/mol. The number of amides is 1. The summed E-state index contributed by atoms with van der Waals surface area (Å²) in [6, 6.07) is -1.33. The van der Waals surface area contributed by atoms with E-state index in [4.69, 9.17) is 4.74 Å². The molecule has 2 atom stereocenters. The van der Waals surface area contributed by atoms with Crippen LogP contribution in [0.5, 0.6) is 0 Å². The number of hydrogen-bond acceptors (Lipinski definition) is 4. The molecular formula is C11H20FNO4. The Labute approximate surface area is 101 Å². The molecule has 100 valence electrons. The molecule has 0 bridgehead atoms. The molecule has 0 saturated heterocycles. The maximum atomic E-state index is 13.5. The number of nitrogens with one attached hydrogen (secondary N) is 1. The highest BCUT2D eigenvalue weighted by atomic mass is 19.1. The minimum atomic E-state index is -1.50. The number of ether oxygens (including phenoxy) is 2. The van der Waals surface area contributed by atoms with E-state index in [2.05, 4.69) is 10.1 Å². The average molecular weight is 249 g/mol. The second-order valence-corrected chi connectivity index (χ2v) is 4.57. The molecule has 0 aromatic rings. The number of hydrogen-bond donors (Lipinski definition) is 1. The Hall–Kier alpha value is -1.33. The van der Waals surface area contributed by atoms with Crippen molar-refractivity contribution in [3.63, 3.8) is 0 Å². The zero-order valence-electron chi connectivity index (χ0n) is 10.9. The molecule has 0 radical (unpaired) electrons. The van der Waals surface area contributed by atoms with E-state index in [1.807, 2.05) is 0 Å². The highest BCUT2D eigenvalue weighted by molar-refractivity contribution is 5.82. The molecule has 0 heterocycles. The van der Waals surface area contributed by atoms with Gasteiger partial charge in [-0.25, -0.2) is 14.0 Å². The average Bonchev–Trinajstić information content (AvgIpc) is 2.21. The first-order valence-electron chi connectivity index (χ1n) is 5.42. The molecule has 0 fully saturated rings. The van der Waals surface area contributed by atoms with Gasteiger partial charge >= 0.3 is 12.1 Å². The van der Waals surface area contributed by atoms with Crippen molar-refractivity contribution in [3.05, 3.63) is 0 Å². The van der Waals surface area contributed by atoms with Crippen LogP contribution < -0.4 is 5.32 Å². The Bertz CT molecular complexity index is 275. The van der Waals surface area contributed by atoms with Gasteiger partial charge in [0.15, 0.2) is 6.04 Å². The molecule has 1 amide bonds. The van der Waals surface area contributed by atoms with Crippen molar-refractivity contribution in [1.29, 1.82) is 0 Å². The van der Waals surface area contributed by atoms with Gasteiger partial charge in [0.1, 0.15) is 11.8 Å². The molecule has 0 aliphatic rings. The fourth-order valence-electron chi connectivity index (χ4n) is 1.09. The van der Waals surface area contributed by atoms with Gasteiger partial charge in [0.25, 0.3) is 0 Å². The summed E-state index contributed by atoms with van der Waals surface area (Å²) >= 11 is 0. The molecule has 1 N–H and O–H groups in total. The van der Waals surface area contributed by atoms with Crippen LogP contribution in [0.15, 0.2) is 0 Å². The normalized spacial score (nSPS) is 14.7. The van der Waals surface area contributed by atoms with Gasteiger partial charge in [-0.1, -0.05) is 6.92 Å². The lowest BCUT2D eigenvalue weighted by atomic mass is 10.1. The van der Waals surface area contributed by atoms with Crippen molar-refractivity contribution < 1.29 is 23.5 Å². The topological polar surface area (TPSA) is 64.6 Å². The number of halogens is 1. The third-order valence-electron chi connectivity index (χ3n) is 1.88. The van der Waals surface area contributed by atoms with Crippen LogP contribution in [0.4, 0.5) is 9.18 Å². The summed E-state index contributed by atoms with van der Waals surface area (Å²) in [5.41, 5.74) is -0.706. The van der Waals surface area contributed by atoms with Gasteiger partial charge in [-0.05, 0) is 27.2 Å². The monoisotopic (exact) mass is 249 g/mol.